The van der Waals surface area contributed by atoms with Gasteiger partial charge in [-0.15, -0.1) is 11.6 Å². The Balaban J connectivity index is 1.50. The summed E-state index contributed by atoms with van der Waals surface area (Å²) in [5, 5.41) is 11.8. The number of halogens is 1. The maximum absolute atomic E-state index is 13.9. The van der Waals surface area contributed by atoms with Gasteiger partial charge in [-0.05, 0) is 75.4 Å². The van der Waals surface area contributed by atoms with E-state index in [2.05, 4.69) is 0 Å². The molecule has 0 spiro atoms. The molecule has 4 saturated carbocycles. The quantitative estimate of drug-likeness (QED) is 0.366. The van der Waals surface area contributed by atoms with Gasteiger partial charge in [-0.25, -0.2) is 4.79 Å². The Morgan fingerprint density at radius 1 is 1.11 bits per heavy atom. The number of allylic oxidation sites excluding steroid dienone is 4. The van der Waals surface area contributed by atoms with Crippen molar-refractivity contribution in [3.8, 4) is 0 Å². The van der Waals surface area contributed by atoms with E-state index in [0.29, 0.717) is 25.7 Å². The standard InChI is InChI=1S/C29H37ClO8/c1-4-13-36-25(35)38-28(23(33)16-37-24(34)17-5-6-17)12-10-20-21-8-7-18-14-19(31)9-11-26(18,2)29(21,30)22(32)15-27(20,28)3/h9,11,14,17,20-22,32H,4-8,10,12-13,15-16H2,1-3H3/t20-,21-,22?,26-,27-,28-,29-/m0/s1. The van der Waals surface area contributed by atoms with Gasteiger partial charge in [0.25, 0.3) is 0 Å². The Labute approximate surface area is 228 Å². The van der Waals surface area contributed by atoms with Gasteiger partial charge in [0.05, 0.1) is 23.5 Å². The van der Waals surface area contributed by atoms with Gasteiger partial charge >= 0.3 is 12.1 Å². The molecule has 38 heavy (non-hydrogen) atoms. The normalized spacial score (nSPS) is 41.3. The Morgan fingerprint density at radius 3 is 2.53 bits per heavy atom. The molecule has 8 nitrogen and oxygen atoms in total. The Kier molecular flexibility index (Phi) is 6.83. The molecule has 5 rings (SSSR count). The van der Waals surface area contributed by atoms with Crippen molar-refractivity contribution >= 4 is 35.3 Å². The van der Waals surface area contributed by atoms with Crippen LogP contribution in [0.4, 0.5) is 4.79 Å². The number of ether oxygens (including phenoxy) is 3. The minimum atomic E-state index is -1.62. The third-order valence-electron chi connectivity index (χ3n) is 10.1. The van der Waals surface area contributed by atoms with Gasteiger partial charge in [-0.1, -0.05) is 32.4 Å². The van der Waals surface area contributed by atoms with Crippen molar-refractivity contribution < 1.29 is 38.5 Å². The number of aliphatic hydroxyl groups excluding tert-OH is 1. The highest BCUT2D eigenvalue weighted by molar-refractivity contribution is 6.26. The summed E-state index contributed by atoms with van der Waals surface area (Å²) in [5.41, 5.74) is -2.41. The van der Waals surface area contributed by atoms with Crippen molar-refractivity contribution in [2.45, 2.75) is 88.7 Å². The maximum Gasteiger partial charge on any atom is 0.509 e. The van der Waals surface area contributed by atoms with Gasteiger partial charge < -0.3 is 19.3 Å². The van der Waals surface area contributed by atoms with E-state index in [4.69, 9.17) is 25.8 Å². The number of ketones is 2. The molecular formula is C29H37ClO8. The highest BCUT2D eigenvalue weighted by atomic mass is 35.5. The van der Waals surface area contributed by atoms with Crippen LogP contribution in [0.15, 0.2) is 23.8 Å². The molecule has 0 heterocycles. The lowest BCUT2D eigenvalue weighted by Gasteiger charge is -2.63. The monoisotopic (exact) mass is 548 g/mol. The van der Waals surface area contributed by atoms with Gasteiger partial charge in [-0.2, -0.15) is 0 Å². The van der Waals surface area contributed by atoms with E-state index < -0.39 is 51.9 Å². The maximum atomic E-state index is 13.9. The summed E-state index contributed by atoms with van der Waals surface area (Å²) in [6, 6.07) is 0. The first kappa shape index (κ1) is 27.4. The molecule has 5 aliphatic rings. The van der Waals surface area contributed by atoms with Crippen LogP contribution in [0.1, 0.15) is 72.1 Å². The van der Waals surface area contributed by atoms with Crippen LogP contribution in [-0.2, 0) is 28.6 Å². The molecule has 0 radical (unpaired) electrons. The molecule has 1 N–H and O–H groups in total. The molecule has 4 fully saturated rings. The van der Waals surface area contributed by atoms with Crippen LogP contribution in [0.2, 0.25) is 0 Å². The van der Waals surface area contributed by atoms with Gasteiger partial charge in [0, 0.05) is 10.8 Å². The number of aliphatic hydroxyl groups is 1. The second-order valence-electron chi connectivity index (χ2n) is 12.1. The average Bonchev–Trinajstić information content (AvgIpc) is 3.68. The fraction of sp³-hybridized carbons (Fsp3) is 0.724. The van der Waals surface area contributed by atoms with E-state index in [9.17, 15) is 24.3 Å². The summed E-state index contributed by atoms with van der Waals surface area (Å²) in [6.45, 7) is 5.35. The summed E-state index contributed by atoms with van der Waals surface area (Å²) in [7, 11) is 0. The largest absolute Gasteiger partial charge is 0.509 e. The summed E-state index contributed by atoms with van der Waals surface area (Å²) < 4.78 is 16.5. The summed E-state index contributed by atoms with van der Waals surface area (Å²) in [5.74, 6) is -1.54. The van der Waals surface area contributed by atoms with Crippen molar-refractivity contribution in [2.24, 2.45) is 28.6 Å². The van der Waals surface area contributed by atoms with Crippen molar-refractivity contribution in [1.82, 2.24) is 0 Å². The number of hydrogen-bond acceptors (Lipinski definition) is 8. The van der Waals surface area contributed by atoms with E-state index in [1.54, 1.807) is 6.08 Å². The smallest absolute Gasteiger partial charge is 0.457 e. The van der Waals surface area contributed by atoms with E-state index in [-0.39, 0.29) is 43.0 Å². The van der Waals surface area contributed by atoms with Crippen LogP contribution in [-0.4, -0.2) is 58.6 Å². The molecule has 0 aromatic rings. The molecule has 1 unspecified atom stereocenters. The molecule has 9 heteroatoms. The van der Waals surface area contributed by atoms with Gasteiger partial charge in [0.1, 0.15) is 0 Å². The number of hydrogen-bond donors (Lipinski definition) is 1. The zero-order valence-corrected chi connectivity index (χ0v) is 23.1. The third kappa shape index (κ3) is 3.88. The number of rotatable bonds is 7. The molecule has 5 aliphatic carbocycles. The Bertz CT molecular complexity index is 1110. The second-order valence-corrected chi connectivity index (χ2v) is 12.8. The van der Waals surface area contributed by atoms with Gasteiger partial charge in [-0.3, -0.25) is 14.4 Å². The number of carbonyl (C=O) groups excluding carboxylic acids is 4. The molecule has 7 atom stereocenters. The van der Waals surface area contributed by atoms with Crippen molar-refractivity contribution in [3.63, 3.8) is 0 Å². The molecular weight excluding hydrogens is 512 g/mol. The lowest BCUT2D eigenvalue weighted by atomic mass is 9.45. The molecule has 0 aliphatic heterocycles. The van der Waals surface area contributed by atoms with E-state index in [1.165, 1.54) is 6.08 Å². The van der Waals surface area contributed by atoms with Crippen LogP contribution < -0.4 is 0 Å². The average molecular weight is 549 g/mol. The molecule has 0 bridgehead atoms. The number of esters is 1. The SMILES string of the molecule is CCCOC(=O)O[C@]1(C(=O)COC(=O)C2CC2)CC[C@H]2[C@@H]3CCC4=CC(=O)C=C[C@]4(C)[C@@]3(Cl)C(O)C[C@@]21C. The van der Waals surface area contributed by atoms with Crippen molar-refractivity contribution in [2.75, 3.05) is 13.2 Å². The highest BCUT2D eigenvalue weighted by Crippen LogP contribution is 2.71. The fourth-order valence-corrected chi connectivity index (χ4v) is 8.45. The summed E-state index contributed by atoms with van der Waals surface area (Å²) in [6.07, 6.45) is 7.19. The number of alkyl halides is 1. The third-order valence-corrected chi connectivity index (χ3v) is 11.1. The van der Waals surface area contributed by atoms with E-state index >= 15 is 0 Å². The molecule has 0 aromatic heterocycles. The molecule has 0 amide bonds. The lowest BCUT2D eigenvalue weighted by molar-refractivity contribution is -0.182. The topological polar surface area (TPSA) is 116 Å². The van der Waals surface area contributed by atoms with Crippen LogP contribution in [0.3, 0.4) is 0 Å². The predicted molar refractivity (Wildman–Crippen MR) is 137 cm³/mol. The molecule has 208 valence electrons. The zero-order valence-electron chi connectivity index (χ0n) is 22.3. The van der Waals surface area contributed by atoms with Crippen LogP contribution in [0.25, 0.3) is 0 Å². The minimum absolute atomic E-state index is 0.0865. The van der Waals surface area contributed by atoms with Gasteiger partial charge in [0.15, 0.2) is 18.0 Å². The summed E-state index contributed by atoms with van der Waals surface area (Å²) >= 11 is 7.47. The Morgan fingerprint density at radius 2 is 1.84 bits per heavy atom. The van der Waals surface area contributed by atoms with Crippen LogP contribution >= 0.6 is 11.6 Å². The van der Waals surface area contributed by atoms with Gasteiger partial charge in [0.2, 0.25) is 5.78 Å². The molecule has 0 aromatic carbocycles. The fourth-order valence-electron chi connectivity index (χ4n) is 7.93. The van der Waals surface area contributed by atoms with Crippen molar-refractivity contribution in [1.29, 1.82) is 0 Å². The van der Waals surface area contributed by atoms with Crippen LogP contribution in [0, 0.1) is 28.6 Å². The first-order chi connectivity index (χ1) is 17.9. The van der Waals surface area contributed by atoms with E-state index in [0.717, 1.165) is 18.4 Å². The number of carbonyl (C=O) groups is 4. The minimum Gasteiger partial charge on any atom is -0.457 e. The number of fused-ring (bicyclic) bond motifs is 5. The van der Waals surface area contributed by atoms with E-state index in [1.807, 2.05) is 26.8 Å². The Hall–Kier alpha value is -2.19. The van der Waals surface area contributed by atoms with Crippen LogP contribution in [0.5, 0.6) is 0 Å². The molecule has 0 saturated heterocycles. The first-order valence-electron chi connectivity index (χ1n) is 13.8. The first-order valence-corrected chi connectivity index (χ1v) is 14.2. The predicted octanol–water partition coefficient (Wildman–Crippen LogP) is 4.45. The lowest BCUT2D eigenvalue weighted by Crippen LogP contribution is -2.69. The highest BCUT2D eigenvalue weighted by Gasteiger charge is 2.74. The zero-order chi connectivity index (χ0) is 27.5. The number of Topliss-reactive ketones (excluding diaryl/α,β-unsaturated/α-hetero) is 1. The second kappa shape index (κ2) is 9.47. The summed E-state index contributed by atoms with van der Waals surface area (Å²) in [4.78, 5) is 49.9. The van der Waals surface area contributed by atoms with Crippen molar-refractivity contribution in [3.05, 3.63) is 23.8 Å².